The molecule has 0 bridgehead atoms. The van der Waals surface area contributed by atoms with Gasteiger partial charge in [-0.2, -0.15) is 0 Å². The predicted octanol–water partition coefficient (Wildman–Crippen LogP) is 1.82. The fraction of sp³-hybridized carbons (Fsp3) is 0.750. The van der Waals surface area contributed by atoms with Gasteiger partial charge in [0, 0.05) is 0 Å². The van der Waals surface area contributed by atoms with Crippen LogP contribution >= 0.6 is 0 Å². The van der Waals surface area contributed by atoms with Gasteiger partial charge in [-0.1, -0.05) is 0 Å². The Morgan fingerprint density at radius 3 is 2.33 bits per heavy atom. The molecule has 9 heavy (non-hydrogen) atoms. The van der Waals surface area contributed by atoms with Gasteiger partial charge in [0.25, 0.3) is 0 Å². The van der Waals surface area contributed by atoms with Crippen LogP contribution in [0.1, 0.15) is 0 Å². The van der Waals surface area contributed by atoms with Crippen molar-refractivity contribution in [3.8, 4) is 0 Å². The molecule has 0 saturated heterocycles. The van der Waals surface area contributed by atoms with E-state index in [1.54, 1.807) is 0 Å². The maximum atomic E-state index is 11.3. The Morgan fingerprint density at radius 1 is 1.44 bits per heavy atom. The van der Waals surface area contributed by atoms with Gasteiger partial charge in [-0.3, -0.25) is 0 Å². The van der Waals surface area contributed by atoms with Crippen molar-refractivity contribution < 1.29 is 34.2 Å². The summed E-state index contributed by atoms with van der Waals surface area (Å²) in [5.41, 5.74) is 0. The van der Waals surface area contributed by atoms with E-state index in [9.17, 15) is 13.2 Å². The van der Waals surface area contributed by atoms with Gasteiger partial charge >= 0.3 is 58.9 Å². The summed E-state index contributed by atoms with van der Waals surface area (Å²) in [6, 6.07) is 0. The molecule has 0 heterocycles. The van der Waals surface area contributed by atoms with Crippen LogP contribution in [0.2, 0.25) is 5.02 Å². The predicted molar refractivity (Wildman–Crippen MR) is 22.2 cm³/mol. The second-order valence-electron chi connectivity index (χ2n) is 1.52. The van der Waals surface area contributed by atoms with E-state index < -0.39 is 30.3 Å². The third-order valence-corrected chi connectivity index (χ3v) is 2.19. The topological polar surface area (TPSA) is 9.23 Å². The molecule has 5 heteroatoms. The van der Waals surface area contributed by atoms with Crippen molar-refractivity contribution in [1.29, 1.82) is 0 Å². The van der Waals surface area contributed by atoms with Crippen molar-refractivity contribution in [2.24, 2.45) is 0 Å². The van der Waals surface area contributed by atoms with Gasteiger partial charge in [0.1, 0.15) is 0 Å². The van der Waals surface area contributed by atoms with E-state index in [-0.39, 0.29) is 0 Å². The van der Waals surface area contributed by atoms with Crippen LogP contribution in [-0.4, -0.2) is 12.8 Å². The molecule has 0 rings (SSSR count). The summed E-state index contributed by atoms with van der Waals surface area (Å²) in [5.74, 6) is 0. The fourth-order valence-corrected chi connectivity index (χ4v) is 1.51. The van der Waals surface area contributed by atoms with Gasteiger partial charge in [-0.05, 0) is 0 Å². The Balaban J connectivity index is 3.07. The van der Waals surface area contributed by atoms with Crippen molar-refractivity contribution in [3.05, 3.63) is 6.92 Å². The van der Waals surface area contributed by atoms with E-state index in [4.69, 9.17) is 0 Å². The second-order valence-corrected chi connectivity index (χ2v) is 4.72. The number of hydrogen-bond donors (Lipinski definition) is 0. The Bertz CT molecular complexity index is 72.7. The zero-order chi connectivity index (χ0) is 7.33. The molecule has 0 aliphatic carbocycles. The Hall–Kier alpha value is 0.373. The second kappa shape index (κ2) is 4.23. The first kappa shape index (κ1) is 9.37. The van der Waals surface area contributed by atoms with Crippen LogP contribution in [-0.2, 0) is 21.1 Å². The summed E-state index contributed by atoms with van der Waals surface area (Å²) in [6.45, 7) is 2.32. The molecule has 0 aromatic rings. The molecule has 0 saturated carbocycles. The first-order chi connectivity index (χ1) is 4.06. The van der Waals surface area contributed by atoms with E-state index >= 15 is 0 Å². The van der Waals surface area contributed by atoms with E-state index in [0.717, 1.165) is 0 Å². The van der Waals surface area contributed by atoms with Gasteiger partial charge in [-0.25, -0.2) is 0 Å². The van der Waals surface area contributed by atoms with Crippen LogP contribution < -0.4 is 0 Å². The maximum absolute atomic E-state index is 11.3. The molecular weight excluding hydrogens is 186 g/mol. The molecule has 0 spiro atoms. The number of rotatable bonds is 3. The third kappa shape index (κ3) is 8.37. The number of hydrogen-bond acceptors (Lipinski definition) is 1. The first-order valence-corrected chi connectivity index (χ1v) is 5.81. The van der Waals surface area contributed by atoms with E-state index in [1.807, 2.05) is 0 Å². The van der Waals surface area contributed by atoms with Crippen molar-refractivity contribution in [3.63, 3.8) is 0 Å². The summed E-state index contributed by atoms with van der Waals surface area (Å²) < 4.78 is 38.1. The molecule has 1 radical (unpaired) electrons. The number of halogens is 3. The minimum absolute atomic E-state index is 0.559. The van der Waals surface area contributed by atoms with E-state index in [2.05, 4.69) is 10.5 Å². The molecule has 0 fully saturated rings. The van der Waals surface area contributed by atoms with E-state index in [1.165, 1.54) is 0 Å². The van der Waals surface area contributed by atoms with Crippen molar-refractivity contribution in [1.82, 2.24) is 0 Å². The molecule has 51 valence electrons. The van der Waals surface area contributed by atoms with Gasteiger partial charge in [0.15, 0.2) is 0 Å². The summed E-state index contributed by atoms with van der Waals surface area (Å²) in [7, 11) is 0. The average molecular weight is 192 g/mol. The Labute approximate surface area is 59.6 Å². The van der Waals surface area contributed by atoms with Crippen LogP contribution in [0.3, 0.4) is 0 Å². The third-order valence-electron chi connectivity index (χ3n) is 0.554. The molecule has 0 aliphatic rings. The monoisotopic (exact) mass is 191 g/mol. The molecule has 0 aliphatic heterocycles. The van der Waals surface area contributed by atoms with Crippen LogP contribution in [0, 0.1) is 6.92 Å². The van der Waals surface area contributed by atoms with Crippen molar-refractivity contribution in [2.75, 3.05) is 6.61 Å². The molecular formula is C4H6F3OZn. The molecule has 0 atom stereocenters. The molecule has 1 nitrogen and oxygen atoms in total. The minimum atomic E-state index is -4.15. The normalized spacial score (nSPS) is 11.1. The average Bonchev–Trinajstić information content (AvgIpc) is 1.63. The zero-order valence-corrected chi connectivity index (χ0v) is 7.84. The zero-order valence-electron chi connectivity index (χ0n) is 4.87. The van der Waals surface area contributed by atoms with Gasteiger partial charge in [-0.15, -0.1) is 0 Å². The fourth-order valence-electron chi connectivity index (χ4n) is 0.290. The quantitative estimate of drug-likeness (QED) is 0.490. The molecule has 0 aromatic heterocycles. The van der Waals surface area contributed by atoms with Crippen LogP contribution in [0.25, 0.3) is 0 Å². The SMILES string of the molecule is [CH2][CH2][Zn][O]CC(F)(F)F. The van der Waals surface area contributed by atoms with E-state index in [0.29, 0.717) is 5.02 Å². The van der Waals surface area contributed by atoms with Gasteiger partial charge in [0.2, 0.25) is 0 Å². The molecule has 0 unspecified atom stereocenters. The van der Waals surface area contributed by atoms with Crippen LogP contribution in [0.4, 0.5) is 13.2 Å². The summed E-state index contributed by atoms with van der Waals surface area (Å²) in [5, 5.41) is 0.559. The summed E-state index contributed by atoms with van der Waals surface area (Å²) in [4.78, 5) is 0. The standard InChI is InChI=1S/C2H2F3O.C2H4.Zn/c3-2(4,5)1-6;1-2;/h1H2;1-2H2;/q-1;;+1. The van der Waals surface area contributed by atoms with Crippen molar-refractivity contribution in [2.45, 2.75) is 11.2 Å². The Morgan fingerprint density at radius 2 is 2.00 bits per heavy atom. The van der Waals surface area contributed by atoms with Gasteiger partial charge < -0.3 is 0 Å². The molecule has 0 aromatic carbocycles. The number of alkyl halides is 3. The summed E-state index contributed by atoms with van der Waals surface area (Å²) >= 11 is -1.36. The first-order valence-electron chi connectivity index (χ1n) is 2.50. The van der Waals surface area contributed by atoms with Crippen LogP contribution in [0.5, 0.6) is 0 Å². The molecule has 0 amide bonds. The van der Waals surface area contributed by atoms with Gasteiger partial charge in [0.05, 0.1) is 0 Å². The van der Waals surface area contributed by atoms with Crippen LogP contribution in [0.15, 0.2) is 0 Å². The summed E-state index contributed by atoms with van der Waals surface area (Å²) in [6.07, 6.45) is -4.15. The molecule has 0 N–H and O–H groups in total. The van der Waals surface area contributed by atoms with Crippen molar-refractivity contribution >= 4 is 0 Å². The Kier molecular flexibility index (Phi) is 4.41.